The number of anilines is 1. The molecule has 2 rings (SSSR count). The standard InChI is InChI=1S/C16H16ClNO2/c1-18(13-10-6-7-11-14(13)20-2)16(19)15(17)12-8-4-3-5-9-12/h3-11,15H,1-2H3. The summed E-state index contributed by atoms with van der Waals surface area (Å²) in [5.41, 5.74) is 1.47. The monoisotopic (exact) mass is 289 g/mol. The Balaban J connectivity index is 2.24. The van der Waals surface area contributed by atoms with Gasteiger partial charge in [0.2, 0.25) is 5.91 Å². The van der Waals surface area contributed by atoms with Gasteiger partial charge in [-0.15, -0.1) is 11.6 Å². The van der Waals surface area contributed by atoms with E-state index in [4.69, 9.17) is 16.3 Å². The Morgan fingerprint density at radius 3 is 2.35 bits per heavy atom. The normalized spacial score (nSPS) is 11.8. The minimum absolute atomic E-state index is 0.192. The second kappa shape index (κ2) is 6.44. The molecule has 4 heteroatoms. The maximum absolute atomic E-state index is 12.5. The Morgan fingerprint density at radius 2 is 1.70 bits per heavy atom. The quantitative estimate of drug-likeness (QED) is 0.804. The first kappa shape index (κ1) is 14.4. The predicted octanol–water partition coefficient (Wildman–Crippen LogP) is 3.64. The van der Waals surface area contributed by atoms with Gasteiger partial charge in [-0.05, 0) is 17.7 Å². The molecule has 1 unspecified atom stereocenters. The molecule has 0 aliphatic heterocycles. The van der Waals surface area contributed by atoms with Crippen molar-refractivity contribution in [3.8, 4) is 5.75 Å². The highest BCUT2D eigenvalue weighted by atomic mass is 35.5. The molecule has 3 nitrogen and oxygen atoms in total. The first-order valence-corrected chi connectivity index (χ1v) is 6.68. The van der Waals surface area contributed by atoms with Crippen LogP contribution in [0.5, 0.6) is 5.75 Å². The molecule has 1 amide bonds. The van der Waals surface area contributed by atoms with Crippen LogP contribution in [0.4, 0.5) is 5.69 Å². The molecule has 2 aromatic carbocycles. The number of amides is 1. The topological polar surface area (TPSA) is 29.5 Å². The van der Waals surface area contributed by atoms with Crippen molar-refractivity contribution in [2.75, 3.05) is 19.1 Å². The molecule has 0 heterocycles. The maximum atomic E-state index is 12.5. The summed E-state index contributed by atoms with van der Waals surface area (Å²) in [5.74, 6) is 0.447. The zero-order valence-electron chi connectivity index (χ0n) is 11.4. The molecule has 0 aliphatic rings. The molecule has 0 aliphatic carbocycles. The Bertz CT molecular complexity index is 586. The van der Waals surface area contributed by atoms with Gasteiger partial charge in [-0.1, -0.05) is 42.5 Å². The molecule has 0 bridgehead atoms. The van der Waals surface area contributed by atoms with E-state index in [1.54, 1.807) is 14.2 Å². The van der Waals surface area contributed by atoms with E-state index < -0.39 is 5.38 Å². The van der Waals surface area contributed by atoms with E-state index in [2.05, 4.69) is 0 Å². The number of hydrogen-bond donors (Lipinski definition) is 0. The van der Waals surface area contributed by atoms with Gasteiger partial charge in [0.1, 0.15) is 11.1 Å². The summed E-state index contributed by atoms with van der Waals surface area (Å²) in [7, 11) is 3.27. The third-order valence-corrected chi connectivity index (χ3v) is 3.52. The van der Waals surface area contributed by atoms with Crippen LogP contribution in [0.25, 0.3) is 0 Å². The maximum Gasteiger partial charge on any atom is 0.249 e. The molecule has 2 aromatic rings. The number of benzene rings is 2. The molecule has 0 radical (unpaired) electrons. The largest absolute Gasteiger partial charge is 0.495 e. The van der Waals surface area contributed by atoms with Crippen molar-refractivity contribution >= 4 is 23.2 Å². The lowest BCUT2D eigenvalue weighted by atomic mass is 10.1. The number of rotatable bonds is 4. The first-order valence-electron chi connectivity index (χ1n) is 6.24. The number of ether oxygens (including phenoxy) is 1. The summed E-state index contributed by atoms with van der Waals surface area (Å²) < 4.78 is 5.27. The fraction of sp³-hybridized carbons (Fsp3) is 0.188. The number of likely N-dealkylation sites (N-methyl/N-ethyl adjacent to an activating group) is 1. The highest BCUT2D eigenvalue weighted by Gasteiger charge is 2.23. The number of halogens is 1. The van der Waals surface area contributed by atoms with Crippen LogP contribution in [-0.4, -0.2) is 20.1 Å². The molecule has 0 spiro atoms. The van der Waals surface area contributed by atoms with Crippen molar-refractivity contribution < 1.29 is 9.53 Å². The summed E-state index contributed by atoms with van der Waals surface area (Å²) in [6, 6.07) is 16.6. The van der Waals surface area contributed by atoms with Gasteiger partial charge in [0.15, 0.2) is 0 Å². The van der Waals surface area contributed by atoms with Gasteiger partial charge in [0.05, 0.1) is 12.8 Å². The number of alkyl halides is 1. The van der Waals surface area contributed by atoms with Crippen molar-refractivity contribution in [3.63, 3.8) is 0 Å². The van der Waals surface area contributed by atoms with Gasteiger partial charge in [-0.2, -0.15) is 0 Å². The minimum atomic E-state index is -0.717. The summed E-state index contributed by atoms with van der Waals surface area (Å²) >= 11 is 6.26. The molecular weight excluding hydrogens is 274 g/mol. The molecular formula is C16H16ClNO2. The molecule has 104 valence electrons. The van der Waals surface area contributed by atoms with E-state index in [0.717, 1.165) is 5.56 Å². The molecule has 0 saturated heterocycles. The predicted molar refractivity (Wildman–Crippen MR) is 81.4 cm³/mol. The molecule has 0 saturated carbocycles. The van der Waals surface area contributed by atoms with Crippen LogP contribution in [-0.2, 0) is 4.79 Å². The van der Waals surface area contributed by atoms with E-state index in [9.17, 15) is 4.79 Å². The summed E-state index contributed by atoms with van der Waals surface area (Å²) in [6.07, 6.45) is 0. The first-order chi connectivity index (χ1) is 9.65. The van der Waals surface area contributed by atoms with Crippen LogP contribution in [0.3, 0.4) is 0 Å². The van der Waals surface area contributed by atoms with E-state index >= 15 is 0 Å². The second-order valence-corrected chi connectivity index (χ2v) is 4.78. The number of para-hydroxylation sites is 2. The van der Waals surface area contributed by atoms with E-state index in [1.807, 2.05) is 54.6 Å². The van der Waals surface area contributed by atoms with Gasteiger partial charge < -0.3 is 9.64 Å². The zero-order chi connectivity index (χ0) is 14.5. The number of carbonyl (C=O) groups is 1. The van der Waals surface area contributed by atoms with Crippen molar-refractivity contribution in [1.29, 1.82) is 0 Å². The van der Waals surface area contributed by atoms with Crippen molar-refractivity contribution in [3.05, 3.63) is 60.2 Å². The zero-order valence-corrected chi connectivity index (χ0v) is 12.2. The fourth-order valence-electron chi connectivity index (χ4n) is 1.96. The minimum Gasteiger partial charge on any atom is -0.495 e. The van der Waals surface area contributed by atoms with Gasteiger partial charge in [0.25, 0.3) is 0 Å². The molecule has 1 atom stereocenters. The lowest BCUT2D eigenvalue weighted by Crippen LogP contribution is -2.29. The number of carbonyl (C=O) groups excluding carboxylic acids is 1. The average Bonchev–Trinajstić information content (AvgIpc) is 2.53. The highest BCUT2D eigenvalue weighted by molar-refractivity contribution is 6.32. The molecule has 0 aromatic heterocycles. The molecule has 20 heavy (non-hydrogen) atoms. The van der Waals surface area contributed by atoms with Crippen LogP contribution in [0.2, 0.25) is 0 Å². The number of hydrogen-bond acceptors (Lipinski definition) is 2. The van der Waals surface area contributed by atoms with E-state index in [1.165, 1.54) is 4.90 Å². The lowest BCUT2D eigenvalue weighted by Gasteiger charge is -2.22. The number of nitrogens with zero attached hydrogens (tertiary/aromatic N) is 1. The Hall–Kier alpha value is -2.00. The Kier molecular flexibility index (Phi) is 4.64. The van der Waals surface area contributed by atoms with Crippen LogP contribution >= 0.6 is 11.6 Å². The lowest BCUT2D eigenvalue weighted by molar-refractivity contribution is -0.118. The van der Waals surface area contributed by atoms with Gasteiger partial charge in [-0.25, -0.2) is 0 Å². The highest BCUT2D eigenvalue weighted by Crippen LogP contribution is 2.30. The van der Waals surface area contributed by atoms with Gasteiger partial charge in [0, 0.05) is 7.05 Å². The summed E-state index contributed by atoms with van der Waals surface area (Å²) in [5, 5.41) is -0.717. The summed E-state index contributed by atoms with van der Waals surface area (Å²) in [6.45, 7) is 0. The van der Waals surface area contributed by atoms with E-state index in [0.29, 0.717) is 11.4 Å². The molecule has 0 N–H and O–H groups in total. The molecule has 0 fully saturated rings. The average molecular weight is 290 g/mol. The smallest absolute Gasteiger partial charge is 0.249 e. The van der Waals surface area contributed by atoms with Crippen molar-refractivity contribution in [2.45, 2.75) is 5.38 Å². The van der Waals surface area contributed by atoms with Crippen LogP contribution in [0.15, 0.2) is 54.6 Å². The Morgan fingerprint density at radius 1 is 1.10 bits per heavy atom. The Labute approximate surface area is 123 Å². The number of methoxy groups -OCH3 is 1. The van der Waals surface area contributed by atoms with Crippen LogP contribution in [0.1, 0.15) is 10.9 Å². The second-order valence-electron chi connectivity index (χ2n) is 4.34. The van der Waals surface area contributed by atoms with Gasteiger partial charge >= 0.3 is 0 Å². The van der Waals surface area contributed by atoms with Crippen LogP contribution < -0.4 is 9.64 Å². The SMILES string of the molecule is COc1ccccc1N(C)C(=O)C(Cl)c1ccccc1. The fourth-order valence-corrected chi connectivity index (χ4v) is 2.25. The van der Waals surface area contributed by atoms with Crippen LogP contribution in [0, 0.1) is 0 Å². The third-order valence-electron chi connectivity index (χ3n) is 3.09. The third kappa shape index (κ3) is 2.94. The van der Waals surface area contributed by atoms with Crippen molar-refractivity contribution in [1.82, 2.24) is 0 Å². The van der Waals surface area contributed by atoms with Gasteiger partial charge in [-0.3, -0.25) is 4.79 Å². The van der Waals surface area contributed by atoms with Crippen molar-refractivity contribution in [2.24, 2.45) is 0 Å². The summed E-state index contributed by atoms with van der Waals surface area (Å²) in [4.78, 5) is 14.0. The van der Waals surface area contributed by atoms with E-state index in [-0.39, 0.29) is 5.91 Å².